The van der Waals surface area contributed by atoms with Gasteiger partial charge in [-0.05, 0) is 47.4 Å². The van der Waals surface area contributed by atoms with Crippen molar-refractivity contribution in [1.82, 2.24) is 16.2 Å². The second kappa shape index (κ2) is 8.80. The molecular formula is C16H15N3O3S2. The van der Waals surface area contributed by atoms with Crippen molar-refractivity contribution in [2.45, 2.75) is 0 Å². The van der Waals surface area contributed by atoms with Gasteiger partial charge in [-0.25, -0.2) is 0 Å². The van der Waals surface area contributed by atoms with E-state index in [2.05, 4.69) is 16.2 Å². The Hall–Kier alpha value is -2.71. The summed E-state index contributed by atoms with van der Waals surface area (Å²) in [6, 6.07) is 10.7. The first-order valence-electron chi connectivity index (χ1n) is 6.85. The van der Waals surface area contributed by atoms with E-state index < -0.39 is 5.91 Å². The lowest BCUT2D eigenvalue weighted by Gasteiger charge is -2.08. The molecule has 0 saturated heterocycles. The number of methoxy groups -OCH3 is 1. The fraction of sp³-hybridized carbons (Fsp3) is 0.0625. The standard InChI is InChI=1S/C16H15N3O3S2/c1-22-12-7-4-11(5-8-12)6-9-14(20)17-16(23)19-18-15(21)13-3-2-10-24-13/h2-10H,1H3,(H,18,21)(H2,17,19,20,23)/b9-6+. The fourth-order valence-electron chi connectivity index (χ4n) is 1.65. The highest BCUT2D eigenvalue weighted by atomic mass is 32.1. The molecule has 24 heavy (non-hydrogen) atoms. The summed E-state index contributed by atoms with van der Waals surface area (Å²) in [7, 11) is 1.59. The molecule has 2 aromatic rings. The van der Waals surface area contributed by atoms with Crippen LogP contribution in [0.5, 0.6) is 5.75 Å². The van der Waals surface area contributed by atoms with Gasteiger partial charge in [0.05, 0.1) is 12.0 Å². The minimum Gasteiger partial charge on any atom is -0.497 e. The summed E-state index contributed by atoms with van der Waals surface area (Å²) < 4.78 is 5.06. The van der Waals surface area contributed by atoms with Gasteiger partial charge in [0.1, 0.15) is 5.75 Å². The molecule has 1 aromatic carbocycles. The van der Waals surface area contributed by atoms with Crippen molar-refractivity contribution < 1.29 is 14.3 Å². The van der Waals surface area contributed by atoms with Crippen molar-refractivity contribution >= 4 is 46.6 Å². The lowest BCUT2D eigenvalue weighted by atomic mass is 10.2. The first-order valence-corrected chi connectivity index (χ1v) is 8.14. The van der Waals surface area contributed by atoms with Crippen LogP contribution < -0.4 is 20.9 Å². The Morgan fingerprint density at radius 3 is 2.54 bits per heavy atom. The normalized spacial score (nSPS) is 10.2. The molecule has 0 aliphatic carbocycles. The highest BCUT2D eigenvalue weighted by molar-refractivity contribution is 7.80. The van der Waals surface area contributed by atoms with Crippen LogP contribution in [-0.4, -0.2) is 24.0 Å². The van der Waals surface area contributed by atoms with E-state index in [0.717, 1.165) is 11.3 Å². The highest BCUT2D eigenvalue weighted by Crippen LogP contribution is 2.12. The van der Waals surface area contributed by atoms with Gasteiger partial charge in [0.25, 0.3) is 5.91 Å². The number of hydrogen-bond acceptors (Lipinski definition) is 5. The van der Waals surface area contributed by atoms with Crippen LogP contribution in [0.3, 0.4) is 0 Å². The van der Waals surface area contributed by atoms with Gasteiger partial charge in [0.15, 0.2) is 5.11 Å². The van der Waals surface area contributed by atoms with Crippen LogP contribution in [0.2, 0.25) is 0 Å². The third kappa shape index (κ3) is 5.49. The maximum Gasteiger partial charge on any atom is 0.279 e. The Labute approximate surface area is 148 Å². The van der Waals surface area contributed by atoms with Crippen LogP contribution in [0, 0.1) is 0 Å². The van der Waals surface area contributed by atoms with Gasteiger partial charge < -0.3 is 4.74 Å². The Bertz CT molecular complexity index is 740. The molecule has 0 fully saturated rings. The van der Waals surface area contributed by atoms with E-state index in [1.54, 1.807) is 42.8 Å². The third-order valence-electron chi connectivity index (χ3n) is 2.81. The van der Waals surface area contributed by atoms with Crippen molar-refractivity contribution in [2.75, 3.05) is 7.11 Å². The number of nitrogens with one attached hydrogen (secondary N) is 3. The number of ether oxygens (including phenoxy) is 1. The van der Waals surface area contributed by atoms with E-state index in [1.165, 1.54) is 17.4 Å². The number of hydrazine groups is 1. The number of carbonyl (C=O) groups is 2. The van der Waals surface area contributed by atoms with E-state index in [-0.39, 0.29) is 11.0 Å². The molecule has 2 amide bonds. The molecule has 0 radical (unpaired) electrons. The zero-order valence-corrected chi connectivity index (χ0v) is 14.4. The molecule has 8 heteroatoms. The van der Waals surface area contributed by atoms with Gasteiger partial charge in [0.2, 0.25) is 5.91 Å². The quantitative estimate of drug-likeness (QED) is 0.442. The predicted molar refractivity (Wildman–Crippen MR) is 97.7 cm³/mol. The number of rotatable bonds is 4. The van der Waals surface area contributed by atoms with Crippen LogP contribution in [-0.2, 0) is 4.79 Å². The number of hydrogen-bond donors (Lipinski definition) is 3. The molecule has 0 aliphatic heterocycles. The summed E-state index contributed by atoms with van der Waals surface area (Å²) >= 11 is 6.24. The van der Waals surface area contributed by atoms with Crippen LogP contribution in [0.25, 0.3) is 6.08 Å². The summed E-state index contributed by atoms with van der Waals surface area (Å²) in [6.45, 7) is 0. The molecule has 2 rings (SSSR count). The lowest BCUT2D eigenvalue weighted by Crippen LogP contribution is -2.48. The largest absolute Gasteiger partial charge is 0.497 e. The predicted octanol–water partition coefficient (Wildman–Crippen LogP) is 2.11. The molecule has 0 saturated carbocycles. The Morgan fingerprint density at radius 1 is 1.17 bits per heavy atom. The van der Waals surface area contributed by atoms with Gasteiger partial charge in [-0.3, -0.25) is 25.8 Å². The summed E-state index contributed by atoms with van der Waals surface area (Å²) in [4.78, 5) is 24.0. The van der Waals surface area contributed by atoms with Crippen molar-refractivity contribution in [3.63, 3.8) is 0 Å². The second-order valence-electron chi connectivity index (χ2n) is 4.48. The van der Waals surface area contributed by atoms with Gasteiger partial charge >= 0.3 is 0 Å². The van der Waals surface area contributed by atoms with E-state index in [4.69, 9.17) is 17.0 Å². The fourth-order valence-corrected chi connectivity index (χ4v) is 2.43. The zero-order valence-electron chi connectivity index (χ0n) is 12.7. The molecule has 0 aliphatic rings. The van der Waals surface area contributed by atoms with Crippen LogP contribution in [0.1, 0.15) is 15.2 Å². The van der Waals surface area contributed by atoms with Gasteiger partial charge in [-0.1, -0.05) is 18.2 Å². The summed E-state index contributed by atoms with van der Waals surface area (Å²) in [5.74, 6) is 0.00697. The maximum absolute atomic E-state index is 11.8. The van der Waals surface area contributed by atoms with Gasteiger partial charge in [-0.2, -0.15) is 0 Å². The molecule has 0 bridgehead atoms. The Balaban J connectivity index is 1.77. The van der Waals surface area contributed by atoms with E-state index in [9.17, 15) is 9.59 Å². The van der Waals surface area contributed by atoms with Crippen molar-refractivity contribution in [1.29, 1.82) is 0 Å². The third-order valence-corrected chi connectivity index (χ3v) is 3.89. The number of thiocarbonyl (C=S) groups is 1. The summed E-state index contributed by atoms with van der Waals surface area (Å²) in [5, 5.41) is 4.23. The van der Waals surface area contributed by atoms with E-state index in [1.807, 2.05) is 12.1 Å². The van der Waals surface area contributed by atoms with Crippen molar-refractivity contribution in [3.05, 3.63) is 58.3 Å². The molecule has 0 unspecified atom stereocenters. The molecule has 6 nitrogen and oxygen atoms in total. The first-order chi connectivity index (χ1) is 11.6. The highest BCUT2D eigenvalue weighted by Gasteiger charge is 2.07. The lowest BCUT2D eigenvalue weighted by molar-refractivity contribution is -0.115. The SMILES string of the molecule is COc1ccc(/C=C/C(=O)NC(=S)NNC(=O)c2cccs2)cc1. The Kier molecular flexibility index (Phi) is 6.47. The second-order valence-corrected chi connectivity index (χ2v) is 5.84. The number of carbonyl (C=O) groups excluding carboxylic acids is 2. The summed E-state index contributed by atoms with van der Waals surface area (Å²) in [5.41, 5.74) is 5.72. The van der Waals surface area contributed by atoms with Crippen LogP contribution in [0.15, 0.2) is 47.9 Å². The Morgan fingerprint density at radius 2 is 1.92 bits per heavy atom. The monoisotopic (exact) mass is 361 g/mol. The number of benzene rings is 1. The molecule has 124 valence electrons. The number of thiophene rings is 1. The van der Waals surface area contributed by atoms with Crippen LogP contribution >= 0.6 is 23.6 Å². The average molecular weight is 361 g/mol. The topological polar surface area (TPSA) is 79.5 Å². The average Bonchev–Trinajstić information content (AvgIpc) is 3.13. The molecular weight excluding hydrogens is 346 g/mol. The molecule has 3 N–H and O–H groups in total. The van der Waals surface area contributed by atoms with E-state index >= 15 is 0 Å². The number of amides is 2. The molecule has 0 atom stereocenters. The maximum atomic E-state index is 11.8. The minimum absolute atomic E-state index is 0.00397. The van der Waals surface area contributed by atoms with Gasteiger partial charge in [-0.15, -0.1) is 11.3 Å². The first kappa shape index (κ1) is 17.6. The van der Waals surface area contributed by atoms with Crippen LogP contribution in [0.4, 0.5) is 0 Å². The molecule has 1 heterocycles. The van der Waals surface area contributed by atoms with E-state index in [0.29, 0.717) is 4.88 Å². The molecule has 1 aromatic heterocycles. The van der Waals surface area contributed by atoms with Crippen molar-refractivity contribution in [3.8, 4) is 5.75 Å². The van der Waals surface area contributed by atoms with Crippen molar-refractivity contribution in [2.24, 2.45) is 0 Å². The van der Waals surface area contributed by atoms with Gasteiger partial charge in [0, 0.05) is 6.08 Å². The minimum atomic E-state index is -0.409. The zero-order chi connectivity index (χ0) is 17.4. The summed E-state index contributed by atoms with van der Waals surface area (Å²) in [6.07, 6.45) is 2.98. The smallest absolute Gasteiger partial charge is 0.279 e. The molecule has 0 spiro atoms.